The van der Waals surface area contributed by atoms with E-state index in [4.69, 9.17) is 4.74 Å². The van der Waals surface area contributed by atoms with E-state index < -0.39 is 0 Å². The standard InChI is InChI=1S/C6H14OS/c1-5(2)7-6(3)4-8/h5-6,8H,4H2,1-3H3. The van der Waals surface area contributed by atoms with Crippen LogP contribution in [0.25, 0.3) is 0 Å². The van der Waals surface area contributed by atoms with Crippen LogP contribution in [0.3, 0.4) is 0 Å². The first-order valence-electron chi connectivity index (χ1n) is 2.93. The van der Waals surface area contributed by atoms with Crippen molar-refractivity contribution in [3.05, 3.63) is 0 Å². The molecule has 0 N–H and O–H groups in total. The number of thiol groups is 1. The molecule has 0 aromatic carbocycles. The summed E-state index contributed by atoms with van der Waals surface area (Å²) in [6, 6.07) is 0. The van der Waals surface area contributed by atoms with E-state index in [1.54, 1.807) is 0 Å². The minimum atomic E-state index is 0.290. The van der Waals surface area contributed by atoms with Crippen molar-refractivity contribution in [2.45, 2.75) is 33.0 Å². The fourth-order valence-corrected chi connectivity index (χ4v) is 0.594. The van der Waals surface area contributed by atoms with Gasteiger partial charge in [0, 0.05) is 5.75 Å². The third-order valence-electron chi connectivity index (χ3n) is 0.762. The van der Waals surface area contributed by atoms with Crippen molar-refractivity contribution in [3.8, 4) is 0 Å². The quantitative estimate of drug-likeness (QED) is 0.578. The Bertz CT molecular complexity index is 54.5. The second kappa shape index (κ2) is 4.21. The van der Waals surface area contributed by atoms with Crippen LogP contribution in [0.1, 0.15) is 20.8 Å². The number of hydrogen-bond acceptors (Lipinski definition) is 2. The molecule has 0 aliphatic heterocycles. The average Bonchev–Trinajstić information content (AvgIpc) is 1.65. The molecular formula is C6H14OS. The maximum atomic E-state index is 5.32. The highest BCUT2D eigenvalue weighted by molar-refractivity contribution is 7.80. The van der Waals surface area contributed by atoms with Crippen LogP contribution in [0.2, 0.25) is 0 Å². The zero-order valence-electron chi connectivity index (χ0n) is 5.72. The predicted molar refractivity (Wildman–Crippen MR) is 39.5 cm³/mol. The highest BCUT2D eigenvalue weighted by Gasteiger charge is 1.99. The summed E-state index contributed by atoms with van der Waals surface area (Å²) in [5.41, 5.74) is 0. The summed E-state index contributed by atoms with van der Waals surface area (Å²) < 4.78 is 5.32. The van der Waals surface area contributed by atoms with Gasteiger partial charge < -0.3 is 4.74 Å². The largest absolute Gasteiger partial charge is 0.375 e. The molecule has 1 atom stereocenters. The Morgan fingerprint density at radius 2 is 1.88 bits per heavy atom. The lowest BCUT2D eigenvalue weighted by molar-refractivity contribution is 0.0329. The monoisotopic (exact) mass is 134 g/mol. The second-order valence-corrected chi connectivity index (χ2v) is 2.54. The molecule has 0 aliphatic rings. The molecule has 2 heteroatoms. The van der Waals surface area contributed by atoms with Gasteiger partial charge in [-0.05, 0) is 20.8 Å². The average molecular weight is 134 g/mol. The molecule has 8 heavy (non-hydrogen) atoms. The van der Waals surface area contributed by atoms with E-state index >= 15 is 0 Å². The smallest absolute Gasteiger partial charge is 0.0638 e. The van der Waals surface area contributed by atoms with E-state index in [0.717, 1.165) is 5.75 Å². The Morgan fingerprint density at radius 3 is 2.00 bits per heavy atom. The predicted octanol–water partition coefficient (Wildman–Crippen LogP) is 1.73. The summed E-state index contributed by atoms with van der Waals surface area (Å²) in [4.78, 5) is 0. The molecule has 0 aliphatic carbocycles. The summed E-state index contributed by atoms with van der Waals surface area (Å²) in [7, 11) is 0. The normalized spacial score (nSPS) is 14.6. The van der Waals surface area contributed by atoms with Crippen LogP contribution >= 0.6 is 12.6 Å². The molecule has 0 amide bonds. The molecule has 0 rings (SSSR count). The summed E-state index contributed by atoms with van der Waals surface area (Å²) in [5, 5.41) is 0. The summed E-state index contributed by atoms with van der Waals surface area (Å²) in [6.07, 6.45) is 0.621. The molecule has 50 valence electrons. The lowest BCUT2D eigenvalue weighted by Gasteiger charge is -2.12. The zero-order valence-corrected chi connectivity index (χ0v) is 6.61. The van der Waals surface area contributed by atoms with Gasteiger partial charge in [-0.3, -0.25) is 0 Å². The Labute approximate surface area is 56.8 Å². The fraction of sp³-hybridized carbons (Fsp3) is 1.00. The maximum absolute atomic E-state index is 5.32. The highest BCUT2D eigenvalue weighted by atomic mass is 32.1. The molecule has 0 bridgehead atoms. The van der Waals surface area contributed by atoms with Crippen LogP contribution in [-0.4, -0.2) is 18.0 Å². The molecule has 0 spiro atoms. The highest BCUT2D eigenvalue weighted by Crippen LogP contribution is 1.97. The van der Waals surface area contributed by atoms with Gasteiger partial charge in [-0.1, -0.05) is 0 Å². The van der Waals surface area contributed by atoms with Crippen molar-refractivity contribution in [3.63, 3.8) is 0 Å². The molecule has 0 fully saturated rings. The van der Waals surface area contributed by atoms with Gasteiger partial charge in [0.2, 0.25) is 0 Å². The lowest BCUT2D eigenvalue weighted by atomic mass is 10.4. The molecule has 0 radical (unpaired) electrons. The van der Waals surface area contributed by atoms with Gasteiger partial charge in [-0.15, -0.1) is 0 Å². The lowest BCUT2D eigenvalue weighted by Crippen LogP contribution is -2.15. The topological polar surface area (TPSA) is 9.23 Å². The van der Waals surface area contributed by atoms with E-state index in [0.29, 0.717) is 12.2 Å². The molecule has 0 aromatic rings. The van der Waals surface area contributed by atoms with Gasteiger partial charge >= 0.3 is 0 Å². The van der Waals surface area contributed by atoms with Crippen molar-refractivity contribution in [2.24, 2.45) is 0 Å². The van der Waals surface area contributed by atoms with Crippen molar-refractivity contribution in [2.75, 3.05) is 5.75 Å². The molecule has 0 saturated heterocycles. The summed E-state index contributed by atoms with van der Waals surface area (Å²) in [6.45, 7) is 6.08. The van der Waals surface area contributed by atoms with Crippen molar-refractivity contribution in [1.82, 2.24) is 0 Å². The molecule has 0 saturated carbocycles. The first-order chi connectivity index (χ1) is 3.66. The van der Waals surface area contributed by atoms with E-state index in [2.05, 4.69) is 12.6 Å². The fourth-order valence-electron chi connectivity index (χ4n) is 0.508. The number of rotatable bonds is 3. The van der Waals surface area contributed by atoms with Gasteiger partial charge in [0.1, 0.15) is 0 Å². The Balaban J connectivity index is 3.10. The molecular weight excluding hydrogens is 120 g/mol. The third kappa shape index (κ3) is 4.47. The molecule has 0 aromatic heterocycles. The first kappa shape index (κ1) is 8.31. The van der Waals surface area contributed by atoms with Gasteiger partial charge in [-0.2, -0.15) is 12.6 Å². The van der Waals surface area contributed by atoms with Crippen molar-refractivity contribution in [1.29, 1.82) is 0 Å². The van der Waals surface area contributed by atoms with Gasteiger partial charge in [-0.25, -0.2) is 0 Å². The van der Waals surface area contributed by atoms with Crippen LogP contribution in [0.15, 0.2) is 0 Å². The van der Waals surface area contributed by atoms with Crippen LogP contribution < -0.4 is 0 Å². The van der Waals surface area contributed by atoms with Crippen LogP contribution in [-0.2, 0) is 4.74 Å². The van der Waals surface area contributed by atoms with Crippen LogP contribution in [0.4, 0.5) is 0 Å². The summed E-state index contributed by atoms with van der Waals surface area (Å²) >= 11 is 4.07. The third-order valence-corrected chi connectivity index (χ3v) is 1.28. The summed E-state index contributed by atoms with van der Waals surface area (Å²) in [5.74, 6) is 0.804. The van der Waals surface area contributed by atoms with Gasteiger partial charge in [0.15, 0.2) is 0 Å². The second-order valence-electron chi connectivity index (χ2n) is 2.18. The Kier molecular flexibility index (Phi) is 4.38. The number of ether oxygens (including phenoxy) is 1. The maximum Gasteiger partial charge on any atom is 0.0638 e. The SMILES string of the molecule is CC(C)OC(C)CS. The van der Waals surface area contributed by atoms with Gasteiger partial charge in [0.25, 0.3) is 0 Å². The Morgan fingerprint density at radius 1 is 1.38 bits per heavy atom. The van der Waals surface area contributed by atoms with Gasteiger partial charge in [0.05, 0.1) is 12.2 Å². The molecule has 1 nitrogen and oxygen atoms in total. The van der Waals surface area contributed by atoms with E-state index in [9.17, 15) is 0 Å². The zero-order chi connectivity index (χ0) is 6.57. The van der Waals surface area contributed by atoms with E-state index in [1.807, 2.05) is 20.8 Å². The first-order valence-corrected chi connectivity index (χ1v) is 3.56. The Hall–Kier alpha value is 0.310. The van der Waals surface area contributed by atoms with E-state index in [1.165, 1.54) is 0 Å². The van der Waals surface area contributed by atoms with E-state index in [-0.39, 0.29) is 0 Å². The van der Waals surface area contributed by atoms with Crippen molar-refractivity contribution < 1.29 is 4.74 Å². The van der Waals surface area contributed by atoms with Crippen LogP contribution in [0, 0.1) is 0 Å². The number of hydrogen-bond donors (Lipinski definition) is 1. The molecule has 1 unspecified atom stereocenters. The van der Waals surface area contributed by atoms with Crippen LogP contribution in [0.5, 0.6) is 0 Å². The molecule has 0 heterocycles. The minimum absolute atomic E-state index is 0.290. The van der Waals surface area contributed by atoms with Crippen molar-refractivity contribution >= 4 is 12.6 Å². The minimum Gasteiger partial charge on any atom is -0.375 e.